The number of benzene rings is 2. The molecule has 0 saturated carbocycles. The maximum Gasteiger partial charge on any atom is 0.283 e. The molecule has 1 unspecified atom stereocenters. The summed E-state index contributed by atoms with van der Waals surface area (Å²) in [5.41, 5.74) is 3.24. The smallest absolute Gasteiger partial charge is 0.283 e. The van der Waals surface area contributed by atoms with Gasteiger partial charge in [0.25, 0.3) is 15.9 Å². The third kappa shape index (κ3) is 4.07. The van der Waals surface area contributed by atoms with Crippen LogP contribution in [0.3, 0.4) is 0 Å². The Bertz CT molecular complexity index is 1170. The Kier molecular flexibility index (Phi) is 6.15. The van der Waals surface area contributed by atoms with Crippen molar-refractivity contribution in [2.45, 2.75) is 44.9 Å². The predicted octanol–water partition coefficient (Wildman–Crippen LogP) is 3.38. The number of carbonyl (C=O) groups is 2. The van der Waals surface area contributed by atoms with Gasteiger partial charge in [0.15, 0.2) is 5.25 Å². The Hall–Kier alpha value is -3.00. The standard InChI is InChI=1S/C24H27N3O4S/c1-3-4-13-27-24(29)22(23(32(27,30)31)18-8-6-5-7-9-18)25-21-11-10-20-16-26(17(2)28)14-12-19(20)15-21/h5-11,15,23H,3-4,12-14,16H2,1-2H3. The van der Waals surface area contributed by atoms with Gasteiger partial charge < -0.3 is 4.90 Å². The fraction of sp³-hybridized carbons (Fsp3) is 0.375. The fourth-order valence-corrected chi connectivity index (χ4v) is 6.13. The van der Waals surface area contributed by atoms with Crippen molar-refractivity contribution >= 4 is 33.2 Å². The molecule has 4 rings (SSSR count). The minimum absolute atomic E-state index is 0.0356. The summed E-state index contributed by atoms with van der Waals surface area (Å²) in [7, 11) is -3.90. The number of sulfonamides is 1. The molecule has 2 aliphatic heterocycles. The second kappa shape index (κ2) is 8.86. The molecule has 7 nitrogen and oxygen atoms in total. The van der Waals surface area contributed by atoms with Crippen molar-refractivity contribution in [1.82, 2.24) is 9.21 Å². The van der Waals surface area contributed by atoms with Gasteiger partial charge in [-0.15, -0.1) is 0 Å². The number of nitrogens with zero attached hydrogens (tertiary/aromatic N) is 3. The lowest BCUT2D eigenvalue weighted by Gasteiger charge is -2.28. The Morgan fingerprint density at radius 2 is 1.88 bits per heavy atom. The van der Waals surface area contributed by atoms with Crippen LogP contribution in [0.15, 0.2) is 53.5 Å². The fourth-order valence-electron chi connectivity index (χ4n) is 4.24. The molecule has 2 aliphatic rings. The van der Waals surface area contributed by atoms with Gasteiger partial charge in [-0.25, -0.2) is 17.7 Å². The van der Waals surface area contributed by atoms with E-state index in [1.165, 1.54) is 0 Å². The first-order valence-corrected chi connectivity index (χ1v) is 12.4. The van der Waals surface area contributed by atoms with Gasteiger partial charge in [0.2, 0.25) is 5.91 Å². The quantitative estimate of drug-likeness (QED) is 0.694. The summed E-state index contributed by atoms with van der Waals surface area (Å²) in [6, 6.07) is 14.4. The second-order valence-electron chi connectivity index (χ2n) is 8.21. The van der Waals surface area contributed by atoms with Crippen LogP contribution in [-0.2, 0) is 32.6 Å². The van der Waals surface area contributed by atoms with Crippen molar-refractivity contribution in [3.8, 4) is 0 Å². The molecule has 1 fully saturated rings. The molecule has 168 valence electrons. The van der Waals surface area contributed by atoms with Crippen molar-refractivity contribution in [3.63, 3.8) is 0 Å². The van der Waals surface area contributed by atoms with Crippen LogP contribution in [0.2, 0.25) is 0 Å². The van der Waals surface area contributed by atoms with E-state index in [9.17, 15) is 18.0 Å². The third-order valence-electron chi connectivity index (χ3n) is 6.01. The third-order valence-corrected chi connectivity index (χ3v) is 8.07. The van der Waals surface area contributed by atoms with Gasteiger partial charge in [0.1, 0.15) is 5.71 Å². The molecular formula is C24H27N3O4S. The van der Waals surface area contributed by atoms with Crippen LogP contribution >= 0.6 is 0 Å². The number of rotatable bonds is 5. The monoisotopic (exact) mass is 453 g/mol. The highest BCUT2D eigenvalue weighted by atomic mass is 32.2. The highest BCUT2D eigenvalue weighted by Gasteiger charge is 2.50. The average molecular weight is 454 g/mol. The number of aliphatic imine (C=N–C) groups is 1. The first-order chi connectivity index (χ1) is 15.3. The Morgan fingerprint density at radius 3 is 2.56 bits per heavy atom. The first-order valence-electron chi connectivity index (χ1n) is 10.9. The summed E-state index contributed by atoms with van der Waals surface area (Å²) in [5.74, 6) is -0.507. The van der Waals surface area contributed by atoms with Crippen LogP contribution in [0.1, 0.15) is 48.6 Å². The van der Waals surface area contributed by atoms with Gasteiger partial charge in [0, 0.05) is 26.6 Å². The molecule has 2 aromatic carbocycles. The lowest BCUT2D eigenvalue weighted by Crippen LogP contribution is -2.34. The van der Waals surface area contributed by atoms with Gasteiger partial charge in [0.05, 0.1) is 5.69 Å². The number of unbranched alkanes of at least 4 members (excludes halogenated alkanes) is 1. The zero-order chi connectivity index (χ0) is 22.9. The van der Waals surface area contributed by atoms with Crippen LogP contribution < -0.4 is 0 Å². The molecule has 0 bridgehead atoms. The molecule has 0 radical (unpaired) electrons. The molecule has 2 amide bonds. The second-order valence-corrected chi connectivity index (χ2v) is 10.1. The zero-order valence-corrected chi connectivity index (χ0v) is 19.1. The van der Waals surface area contributed by atoms with E-state index in [1.54, 1.807) is 42.2 Å². The minimum Gasteiger partial charge on any atom is -0.338 e. The van der Waals surface area contributed by atoms with E-state index in [4.69, 9.17) is 0 Å². The topological polar surface area (TPSA) is 87.1 Å². The Labute approximate surface area is 188 Å². The van der Waals surface area contributed by atoms with Gasteiger partial charge >= 0.3 is 0 Å². The SMILES string of the molecule is CCCCN1C(=O)C(=Nc2ccc3c(c2)CCN(C(C)=O)C3)C(c2ccccc2)S1(=O)=O. The van der Waals surface area contributed by atoms with Crippen molar-refractivity contribution < 1.29 is 18.0 Å². The van der Waals surface area contributed by atoms with Gasteiger partial charge in [-0.2, -0.15) is 0 Å². The van der Waals surface area contributed by atoms with Crippen molar-refractivity contribution in [2.24, 2.45) is 4.99 Å². The summed E-state index contributed by atoms with van der Waals surface area (Å²) in [4.78, 5) is 31.2. The summed E-state index contributed by atoms with van der Waals surface area (Å²) in [6.45, 7) is 4.85. The molecule has 1 atom stereocenters. The average Bonchev–Trinajstić information content (AvgIpc) is 2.96. The molecule has 2 aromatic rings. The molecule has 32 heavy (non-hydrogen) atoms. The number of hydrogen-bond acceptors (Lipinski definition) is 5. The van der Waals surface area contributed by atoms with E-state index in [2.05, 4.69) is 4.99 Å². The minimum atomic E-state index is -3.90. The Balaban J connectivity index is 1.75. The van der Waals surface area contributed by atoms with Crippen molar-refractivity contribution in [3.05, 3.63) is 65.2 Å². The van der Waals surface area contributed by atoms with E-state index in [-0.39, 0.29) is 18.2 Å². The normalized spacial score (nSPS) is 21.1. The van der Waals surface area contributed by atoms with Gasteiger partial charge in [-0.1, -0.05) is 49.7 Å². The number of hydrogen-bond donors (Lipinski definition) is 0. The maximum absolute atomic E-state index is 13.3. The van der Waals surface area contributed by atoms with Crippen molar-refractivity contribution in [1.29, 1.82) is 0 Å². The number of carbonyl (C=O) groups excluding carboxylic acids is 2. The van der Waals surface area contributed by atoms with Gasteiger partial charge in [-0.05, 0) is 41.7 Å². The molecule has 0 aliphatic carbocycles. The van der Waals surface area contributed by atoms with Crippen LogP contribution in [0, 0.1) is 0 Å². The van der Waals surface area contributed by atoms with E-state index in [1.807, 2.05) is 25.1 Å². The highest BCUT2D eigenvalue weighted by Crippen LogP contribution is 2.36. The van der Waals surface area contributed by atoms with E-state index in [0.29, 0.717) is 37.2 Å². The molecule has 0 spiro atoms. The number of fused-ring (bicyclic) bond motifs is 1. The molecule has 1 saturated heterocycles. The summed E-state index contributed by atoms with van der Waals surface area (Å²) in [5, 5.41) is -1.11. The molecule has 0 N–H and O–H groups in total. The summed E-state index contributed by atoms with van der Waals surface area (Å²) < 4.78 is 27.6. The van der Waals surface area contributed by atoms with E-state index < -0.39 is 21.2 Å². The van der Waals surface area contributed by atoms with Gasteiger partial charge in [-0.3, -0.25) is 9.59 Å². The molecule has 8 heteroatoms. The van der Waals surface area contributed by atoms with Crippen LogP contribution in [0.5, 0.6) is 0 Å². The summed E-state index contributed by atoms with van der Waals surface area (Å²) >= 11 is 0. The van der Waals surface area contributed by atoms with E-state index in [0.717, 1.165) is 21.9 Å². The van der Waals surface area contributed by atoms with Crippen LogP contribution in [-0.4, -0.2) is 48.2 Å². The van der Waals surface area contributed by atoms with E-state index >= 15 is 0 Å². The van der Waals surface area contributed by atoms with Crippen molar-refractivity contribution in [2.75, 3.05) is 13.1 Å². The lowest BCUT2D eigenvalue weighted by atomic mass is 9.99. The highest BCUT2D eigenvalue weighted by molar-refractivity contribution is 7.91. The zero-order valence-electron chi connectivity index (χ0n) is 18.3. The largest absolute Gasteiger partial charge is 0.338 e. The number of amides is 2. The Morgan fingerprint density at radius 1 is 1.12 bits per heavy atom. The van der Waals surface area contributed by atoms with Crippen LogP contribution in [0.4, 0.5) is 5.69 Å². The predicted molar refractivity (Wildman–Crippen MR) is 123 cm³/mol. The first kappa shape index (κ1) is 22.2. The molecular weight excluding hydrogens is 426 g/mol. The molecule has 2 heterocycles. The molecule has 0 aromatic heterocycles. The lowest BCUT2D eigenvalue weighted by molar-refractivity contribution is -0.129. The van der Waals surface area contributed by atoms with Crippen LogP contribution in [0.25, 0.3) is 0 Å². The maximum atomic E-state index is 13.3. The summed E-state index contributed by atoms with van der Waals surface area (Å²) in [6.07, 6.45) is 2.08.